The van der Waals surface area contributed by atoms with Crippen molar-refractivity contribution in [3.05, 3.63) is 29.3 Å². The van der Waals surface area contributed by atoms with Crippen molar-refractivity contribution in [3.8, 4) is 11.4 Å². The summed E-state index contributed by atoms with van der Waals surface area (Å²) < 4.78 is 2.72. The van der Waals surface area contributed by atoms with Crippen molar-refractivity contribution in [1.82, 2.24) is 24.6 Å². The van der Waals surface area contributed by atoms with Crippen molar-refractivity contribution in [2.75, 3.05) is 13.1 Å². The Bertz CT molecular complexity index is 583. The molecule has 1 aliphatic heterocycles. The lowest BCUT2D eigenvalue weighted by molar-refractivity contribution is 0.182. The second kappa shape index (κ2) is 5.63. The average Bonchev–Trinajstić information content (AvgIpc) is 2.82. The number of hydrogen-bond donors (Lipinski definition) is 1. The van der Waals surface area contributed by atoms with Crippen LogP contribution in [-0.2, 0) is 6.67 Å². The van der Waals surface area contributed by atoms with Gasteiger partial charge >= 0.3 is 0 Å². The van der Waals surface area contributed by atoms with Gasteiger partial charge < -0.3 is 0 Å². The highest BCUT2D eigenvalue weighted by atomic mass is 32.1. The van der Waals surface area contributed by atoms with E-state index in [2.05, 4.69) is 24.6 Å². The molecule has 1 saturated heterocycles. The van der Waals surface area contributed by atoms with Crippen LogP contribution in [0.15, 0.2) is 24.5 Å². The minimum Gasteiger partial charge on any atom is -0.286 e. The molecule has 1 fully saturated rings. The van der Waals surface area contributed by atoms with Gasteiger partial charge in [-0.25, -0.2) is 0 Å². The second-order valence-electron chi connectivity index (χ2n) is 4.84. The van der Waals surface area contributed by atoms with Crippen LogP contribution in [0.1, 0.15) is 19.3 Å². The number of nitrogens with zero attached hydrogens (tertiary/aromatic N) is 4. The molecule has 2 aromatic heterocycles. The molecule has 0 radical (unpaired) electrons. The molecule has 5 nitrogen and oxygen atoms in total. The van der Waals surface area contributed by atoms with E-state index < -0.39 is 0 Å². The van der Waals surface area contributed by atoms with Gasteiger partial charge in [-0.05, 0) is 50.3 Å². The predicted molar refractivity (Wildman–Crippen MR) is 76.1 cm³/mol. The number of hydrogen-bond acceptors (Lipinski definition) is 4. The van der Waals surface area contributed by atoms with Crippen molar-refractivity contribution < 1.29 is 0 Å². The van der Waals surface area contributed by atoms with Crippen molar-refractivity contribution in [2.45, 2.75) is 25.9 Å². The fraction of sp³-hybridized carbons (Fsp3) is 0.462. The van der Waals surface area contributed by atoms with E-state index in [0.717, 1.165) is 31.1 Å². The Morgan fingerprint density at radius 1 is 1.26 bits per heavy atom. The maximum atomic E-state index is 5.34. The summed E-state index contributed by atoms with van der Waals surface area (Å²) in [6.45, 7) is 3.08. The Balaban J connectivity index is 1.88. The number of nitrogens with one attached hydrogen (secondary N) is 1. The number of likely N-dealkylation sites (tertiary alicyclic amines) is 1. The van der Waals surface area contributed by atoms with Crippen LogP contribution in [0.25, 0.3) is 11.4 Å². The number of aromatic amines is 1. The molecule has 0 bridgehead atoms. The number of rotatable bonds is 3. The minimum atomic E-state index is 0.671. The van der Waals surface area contributed by atoms with Gasteiger partial charge in [0.2, 0.25) is 0 Å². The molecule has 3 rings (SSSR count). The molecule has 0 aromatic carbocycles. The molecule has 0 saturated carbocycles. The molecule has 19 heavy (non-hydrogen) atoms. The lowest BCUT2D eigenvalue weighted by Crippen LogP contribution is -2.32. The van der Waals surface area contributed by atoms with Gasteiger partial charge in [-0.3, -0.25) is 19.5 Å². The Morgan fingerprint density at radius 3 is 2.84 bits per heavy atom. The van der Waals surface area contributed by atoms with Gasteiger partial charge in [0.25, 0.3) is 0 Å². The van der Waals surface area contributed by atoms with E-state index in [1.807, 2.05) is 18.3 Å². The lowest BCUT2D eigenvalue weighted by atomic mass is 10.1. The van der Waals surface area contributed by atoms with Gasteiger partial charge in [-0.2, -0.15) is 5.10 Å². The smallest absolute Gasteiger partial charge is 0.196 e. The third-order valence-electron chi connectivity index (χ3n) is 3.47. The van der Waals surface area contributed by atoms with E-state index in [9.17, 15) is 0 Å². The molecule has 0 aliphatic carbocycles. The molecular weight excluding hydrogens is 258 g/mol. The molecule has 2 aromatic rings. The zero-order valence-corrected chi connectivity index (χ0v) is 11.6. The molecule has 1 N–H and O–H groups in total. The second-order valence-corrected chi connectivity index (χ2v) is 5.23. The molecule has 1 aliphatic rings. The summed E-state index contributed by atoms with van der Waals surface area (Å²) in [4.78, 5) is 6.57. The number of pyridine rings is 1. The van der Waals surface area contributed by atoms with E-state index in [0.29, 0.717) is 4.77 Å². The highest BCUT2D eigenvalue weighted by Crippen LogP contribution is 2.17. The molecule has 100 valence electrons. The highest BCUT2D eigenvalue weighted by molar-refractivity contribution is 7.71. The Hall–Kier alpha value is -1.53. The van der Waals surface area contributed by atoms with E-state index >= 15 is 0 Å². The monoisotopic (exact) mass is 275 g/mol. The molecular formula is C13H17N5S. The van der Waals surface area contributed by atoms with Crippen LogP contribution in [0, 0.1) is 4.77 Å². The zero-order chi connectivity index (χ0) is 13.1. The zero-order valence-electron chi connectivity index (χ0n) is 10.7. The maximum absolute atomic E-state index is 5.34. The fourth-order valence-corrected chi connectivity index (χ4v) is 2.65. The van der Waals surface area contributed by atoms with Crippen LogP contribution in [0.3, 0.4) is 0 Å². The van der Waals surface area contributed by atoms with Crippen LogP contribution in [-0.4, -0.2) is 37.7 Å². The quantitative estimate of drug-likeness (QED) is 0.874. The normalized spacial score (nSPS) is 16.6. The standard InChI is InChI=1S/C13H17N5S/c19-13-16-15-12(11-5-4-6-14-9-11)18(13)10-17-7-2-1-3-8-17/h4-6,9H,1-3,7-8,10H2,(H,16,19). The van der Waals surface area contributed by atoms with Crippen LogP contribution in [0.5, 0.6) is 0 Å². The fourth-order valence-electron chi connectivity index (χ4n) is 2.47. The number of H-pyrrole nitrogens is 1. The summed E-state index contributed by atoms with van der Waals surface area (Å²) >= 11 is 5.34. The van der Waals surface area contributed by atoms with E-state index in [1.54, 1.807) is 6.20 Å². The maximum Gasteiger partial charge on any atom is 0.196 e. The van der Waals surface area contributed by atoms with Gasteiger partial charge in [0.05, 0.1) is 6.67 Å². The Labute approximate surface area is 117 Å². The molecule has 0 amide bonds. The van der Waals surface area contributed by atoms with Gasteiger partial charge in [-0.1, -0.05) is 6.42 Å². The minimum absolute atomic E-state index is 0.671. The van der Waals surface area contributed by atoms with Crippen LogP contribution in [0.2, 0.25) is 0 Å². The molecule has 6 heteroatoms. The Kier molecular flexibility index (Phi) is 3.70. The van der Waals surface area contributed by atoms with E-state index in [-0.39, 0.29) is 0 Å². The lowest BCUT2D eigenvalue weighted by Gasteiger charge is -2.26. The molecule has 0 unspecified atom stereocenters. The van der Waals surface area contributed by atoms with Crippen molar-refractivity contribution >= 4 is 12.2 Å². The summed E-state index contributed by atoms with van der Waals surface area (Å²) in [6.07, 6.45) is 7.46. The summed E-state index contributed by atoms with van der Waals surface area (Å²) in [6, 6.07) is 3.92. The highest BCUT2D eigenvalue weighted by Gasteiger charge is 2.14. The first-order valence-electron chi connectivity index (χ1n) is 6.62. The topological polar surface area (TPSA) is 49.7 Å². The first kappa shape index (κ1) is 12.5. The number of piperidine rings is 1. The van der Waals surface area contributed by atoms with Gasteiger partial charge in [0.15, 0.2) is 10.6 Å². The SMILES string of the molecule is S=c1[nH]nc(-c2cccnc2)n1CN1CCCCC1. The molecule has 3 heterocycles. The van der Waals surface area contributed by atoms with Crippen LogP contribution >= 0.6 is 12.2 Å². The number of aromatic nitrogens is 4. The van der Waals surface area contributed by atoms with E-state index in [4.69, 9.17) is 12.2 Å². The van der Waals surface area contributed by atoms with Crippen molar-refractivity contribution in [2.24, 2.45) is 0 Å². The van der Waals surface area contributed by atoms with Crippen LogP contribution in [0.4, 0.5) is 0 Å². The van der Waals surface area contributed by atoms with E-state index in [1.165, 1.54) is 19.3 Å². The Morgan fingerprint density at radius 2 is 2.11 bits per heavy atom. The summed E-state index contributed by atoms with van der Waals surface area (Å²) in [5.41, 5.74) is 0.992. The van der Waals surface area contributed by atoms with Crippen molar-refractivity contribution in [1.29, 1.82) is 0 Å². The summed E-state index contributed by atoms with van der Waals surface area (Å²) in [5.74, 6) is 0.865. The average molecular weight is 275 g/mol. The van der Waals surface area contributed by atoms with Gasteiger partial charge in [0, 0.05) is 18.0 Å². The summed E-state index contributed by atoms with van der Waals surface area (Å²) in [7, 11) is 0. The summed E-state index contributed by atoms with van der Waals surface area (Å²) in [5, 5.41) is 7.22. The van der Waals surface area contributed by atoms with Crippen LogP contribution < -0.4 is 0 Å². The van der Waals surface area contributed by atoms with Gasteiger partial charge in [0.1, 0.15) is 0 Å². The first-order valence-corrected chi connectivity index (χ1v) is 7.03. The third-order valence-corrected chi connectivity index (χ3v) is 3.78. The predicted octanol–water partition coefficient (Wildman–Crippen LogP) is 2.45. The largest absolute Gasteiger partial charge is 0.286 e. The first-order chi connectivity index (χ1) is 9.34. The molecule has 0 spiro atoms. The van der Waals surface area contributed by atoms with Gasteiger partial charge in [-0.15, -0.1) is 0 Å². The van der Waals surface area contributed by atoms with Crippen molar-refractivity contribution in [3.63, 3.8) is 0 Å². The third kappa shape index (κ3) is 2.74. The molecule has 0 atom stereocenters.